The predicted molar refractivity (Wildman–Crippen MR) is 77.7 cm³/mol. The molecule has 19 heavy (non-hydrogen) atoms. The molecule has 0 bridgehead atoms. The minimum absolute atomic E-state index is 0.150. The zero-order valence-corrected chi connectivity index (χ0v) is 12.6. The first-order valence-corrected chi connectivity index (χ1v) is 7.59. The molecule has 6 heteroatoms. The lowest BCUT2D eigenvalue weighted by Gasteiger charge is -2.26. The molecular weight excluding hydrogens is 260 g/mol. The summed E-state index contributed by atoms with van der Waals surface area (Å²) >= 11 is 1.81. The van der Waals surface area contributed by atoms with E-state index < -0.39 is 0 Å². The van der Waals surface area contributed by atoms with Crippen molar-refractivity contribution in [2.24, 2.45) is 23.9 Å². The van der Waals surface area contributed by atoms with Crippen molar-refractivity contribution in [3.05, 3.63) is 11.3 Å². The second kappa shape index (κ2) is 5.86. The zero-order chi connectivity index (χ0) is 14.0. The highest BCUT2D eigenvalue weighted by Gasteiger charge is 2.24. The van der Waals surface area contributed by atoms with E-state index in [2.05, 4.69) is 17.2 Å². The second-order valence-electron chi connectivity index (χ2n) is 5.39. The van der Waals surface area contributed by atoms with Crippen molar-refractivity contribution in [1.82, 2.24) is 9.78 Å². The Hall–Kier alpha value is -1.17. The summed E-state index contributed by atoms with van der Waals surface area (Å²) in [6.07, 6.45) is 5.07. The number of oxime groups is 1. The Kier molecular flexibility index (Phi) is 4.39. The van der Waals surface area contributed by atoms with Crippen molar-refractivity contribution in [2.75, 3.05) is 0 Å². The van der Waals surface area contributed by atoms with Crippen molar-refractivity contribution in [3.8, 4) is 0 Å². The third-order valence-electron chi connectivity index (χ3n) is 3.70. The summed E-state index contributed by atoms with van der Waals surface area (Å²) < 4.78 is 1.84. The van der Waals surface area contributed by atoms with Crippen LogP contribution in [0, 0.1) is 12.8 Å². The van der Waals surface area contributed by atoms with Gasteiger partial charge in [0.15, 0.2) is 5.84 Å². The number of nitrogens with zero attached hydrogens (tertiary/aromatic N) is 3. The summed E-state index contributed by atoms with van der Waals surface area (Å²) in [6, 6.07) is 0. The van der Waals surface area contributed by atoms with Crippen LogP contribution in [0.15, 0.2) is 10.2 Å². The standard InChI is InChI=1S/C13H22N4OS/c1-8-5-4-6-10(7-8)19-13-11(12(14)16-18)9(2)15-17(13)3/h8,10,18H,4-7H2,1-3H3,(H2,14,16). The van der Waals surface area contributed by atoms with Crippen LogP contribution in [0.2, 0.25) is 0 Å². The molecule has 1 saturated carbocycles. The molecule has 0 radical (unpaired) electrons. The summed E-state index contributed by atoms with van der Waals surface area (Å²) in [5.74, 6) is 0.935. The van der Waals surface area contributed by atoms with Crippen LogP contribution in [-0.4, -0.2) is 26.1 Å². The van der Waals surface area contributed by atoms with Gasteiger partial charge in [0, 0.05) is 12.3 Å². The molecule has 0 spiro atoms. The number of thioether (sulfide) groups is 1. The average Bonchev–Trinajstić information content (AvgIpc) is 2.63. The monoisotopic (exact) mass is 282 g/mol. The molecule has 2 unspecified atom stereocenters. The molecule has 0 aliphatic heterocycles. The molecule has 1 aromatic heterocycles. The van der Waals surface area contributed by atoms with Crippen LogP contribution in [0.25, 0.3) is 0 Å². The molecule has 1 heterocycles. The van der Waals surface area contributed by atoms with E-state index in [-0.39, 0.29) is 5.84 Å². The molecule has 106 valence electrons. The maximum absolute atomic E-state index is 8.91. The number of rotatable bonds is 3. The first-order chi connectivity index (χ1) is 9.02. The lowest BCUT2D eigenvalue weighted by Crippen LogP contribution is -2.18. The van der Waals surface area contributed by atoms with Crippen molar-refractivity contribution in [1.29, 1.82) is 0 Å². The smallest absolute Gasteiger partial charge is 0.174 e. The van der Waals surface area contributed by atoms with Gasteiger partial charge in [0.1, 0.15) is 5.03 Å². The Labute approximate surface area is 118 Å². The highest BCUT2D eigenvalue weighted by atomic mass is 32.2. The van der Waals surface area contributed by atoms with E-state index in [9.17, 15) is 0 Å². The van der Waals surface area contributed by atoms with E-state index in [4.69, 9.17) is 10.9 Å². The van der Waals surface area contributed by atoms with E-state index in [1.807, 2.05) is 30.4 Å². The van der Waals surface area contributed by atoms with Crippen LogP contribution >= 0.6 is 11.8 Å². The number of aromatic nitrogens is 2. The third kappa shape index (κ3) is 3.05. The third-order valence-corrected chi connectivity index (χ3v) is 5.15. The van der Waals surface area contributed by atoms with Gasteiger partial charge < -0.3 is 10.9 Å². The van der Waals surface area contributed by atoms with E-state index in [0.29, 0.717) is 5.25 Å². The number of aryl methyl sites for hydroxylation is 2. The Balaban J connectivity index is 2.24. The van der Waals surface area contributed by atoms with Gasteiger partial charge in [-0.25, -0.2) is 0 Å². The molecule has 3 N–H and O–H groups in total. The fourth-order valence-electron chi connectivity index (χ4n) is 2.76. The minimum atomic E-state index is 0.150. The summed E-state index contributed by atoms with van der Waals surface area (Å²) in [4.78, 5) is 0. The fraction of sp³-hybridized carbons (Fsp3) is 0.692. The highest BCUT2D eigenvalue weighted by Crippen LogP contribution is 2.37. The minimum Gasteiger partial charge on any atom is -0.409 e. The Morgan fingerprint density at radius 2 is 2.26 bits per heavy atom. The molecule has 0 aromatic carbocycles. The van der Waals surface area contributed by atoms with Crippen LogP contribution in [0.1, 0.15) is 43.9 Å². The van der Waals surface area contributed by atoms with E-state index in [1.54, 1.807) is 0 Å². The Morgan fingerprint density at radius 3 is 2.89 bits per heavy atom. The maximum atomic E-state index is 8.91. The van der Waals surface area contributed by atoms with Gasteiger partial charge in [0.25, 0.3) is 0 Å². The van der Waals surface area contributed by atoms with Gasteiger partial charge >= 0.3 is 0 Å². The Morgan fingerprint density at radius 1 is 1.53 bits per heavy atom. The number of nitrogens with two attached hydrogens (primary N) is 1. The quantitative estimate of drug-likeness (QED) is 0.386. The molecule has 1 aliphatic rings. The maximum Gasteiger partial charge on any atom is 0.174 e. The Bertz CT molecular complexity index is 483. The molecule has 1 aromatic rings. The molecule has 1 fully saturated rings. The van der Waals surface area contributed by atoms with Crippen LogP contribution in [0.3, 0.4) is 0 Å². The summed E-state index contributed by atoms with van der Waals surface area (Å²) in [5, 5.41) is 18.0. The lowest BCUT2D eigenvalue weighted by atomic mass is 9.91. The van der Waals surface area contributed by atoms with Crippen molar-refractivity contribution in [2.45, 2.75) is 49.8 Å². The molecule has 2 atom stereocenters. The molecule has 0 amide bonds. The molecule has 1 aliphatic carbocycles. The molecule has 0 saturated heterocycles. The normalized spacial score (nSPS) is 24.7. The van der Waals surface area contributed by atoms with E-state index in [1.165, 1.54) is 25.7 Å². The van der Waals surface area contributed by atoms with Gasteiger partial charge in [-0.15, -0.1) is 11.8 Å². The SMILES string of the molecule is Cc1nn(C)c(SC2CCCC(C)C2)c1/C(N)=N/O. The first-order valence-electron chi connectivity index (χ1n) is 6.71. The van der Waals surface area contributed by atoms with Crippen LogP contribution in [0.4, 0.5) is 0 Å². The van der Waals surface area contributed by atoms with Crippen LogP contribution in [0.5, 0.6) is 0 Å². The zero-order valence-electron chi connectivity index (χ0n) is 11.8. The van der Waals surface area contributed by atoms with Crippen LogP contribution < -0.4 is 5.73 Å². The summed E-state index contributed by atoms with van der Waals surface area (Å²) in [7, 11) is 1.91. The topological polar surface area (TPSA) is 76.4 Å². The van der Waals surface area contributed by atoms with Crippen molar-refractivity contribution >= 4 is 17.6 Å². The fourth-order valence-corrected chi connectivity index (χ4v) is 4.35. The van der Waals surface area contributed by atoms with E-state index in [0.717, 1.165) is 22.2 Å². The molecule has 2 rings (SSSR count). The average molecular weight is 282 g/mol. The van der Waals surface area contributed by atoms with Gasteiger partial charge in [-0.3, -0.25) is 4.68 Å². The van der Waals surface area contributed by atoms with Gasteiger partial charge in [-0.2, -0.15) is 5.10 Å². The van der Waals surface area contributed by atoms with Crippen molar-refractivity contribution in [3.63, 3.8) is 0 Å². The number of hydrogen-bond donors (Lipinski definition) is 2. The van der Waals surface area contributed by atoms with Crippen molar-refractivity contribution < 1.29 is 5.21 Å². The largest absolute Gasteiger partial charge is 0.409 e. The highest BCUT2D eigenvalue weighted by molar-refractivity contribution is 8.00. The van der Waals surface area contributed by atoms with E-state index >= 15 is 0 Å². The van der Waals surface area contributed by atoms with Gasteiger partial charge in [0.05, 0.1) is 11.3 Å². The van der Waals surface area contributed by atoms with Crippen LogP contribution in [-0.2, 0) is 7.05 Å². The summed E-state index contributed by atoms with van der Waals surface area (Å²) in [5.41, 5.74) is 7.36. The van der Waals surface area contributed by atoms with Gasteiger partial charge in [-0.1, -0.05) is 24.9 Å². The number of hydrogen-bond acceptors (Lipinski definition) is 4. The predicted octanol–water partition coefficient (Wildman–Crippen LogP) is 2.49. The molecular formula is C13H22N4OS. The van der Waals surface area contributed by atoms with Gasteiger partial charge in [0.2, 0.25) is 0 Å². The second-order valence-corrected chi connectivity index (χ2v) is 6.68. The number of amidine groups is 1. The summed E-state index contributed by atoms with van der Waals surface area (Å²) in [6.45, 7) is 4.20. The molecule has 5 nitrogen and oxygen atoms in total. The first kappa shape index (κ1) is 14.2. The lowest BCUT2D eigenvalue weighted by molar-refractivity contribution is 0.318. The van der Waals surface area contributed by atoms with Gasteiger partial charge in [-0.05, 0) is 25.7 Å².